The average molecular weight is 344 g/mol. The summed E-state index contributed by atoms with van der Waals surface area (Å²) in [4.78, 5) is 35.0. The van der Waals surface area contributed by atoms with Crippen molar-refractivity contribution in [1.29, 1.82) is 0 Å². The molecule has 0 saturated heterocycles. The lowest BCUT2D eigenvalue weighted by atomic mass is 10.2. The number of nitrogens with one attached hydrogen (secondary N) is 1. The van der Waals surface area contributed by atoms with Gasteiger partial charge >= 0.3 is 0 Å². The van der Waals surface area contributed by atoms with Gasteiger partial charge in [-0.2, -0.15) is 5.10 Å². The van der Waals surface area contributed by atoms with Crippen LogP contribution in [0, 0.1) is 17.0 Å². The van der Waals surface area contributed by atoms with Gasteiger partial charge in [0.2, 0.25) is 5.43 Å². The number of carbonyl (C=O) groups excluding carboxylic acids is 1. The summed E-state index contributed by atoms with van der Waals surface area (Å²) < 4.78 is 1.25. The first-order valence-corrected chi connectivity index (χ1v) is 8.08. The molecule has 25 heavy (non-hydrogen) atoms. The average Bonchev–Trinajstić information content (AvgIpc) is 2.58. The predicted molar refractivity (Wildman–Crippen MR) is 93.1 cm³/mol. The Morgan fingerprint density at radius 1 is 1.32 bits per heavy atom. The van der Waals surface area contributed by atoms with Gasteiger partial charge in [-0.3, -0.25) is 19.7 Å². The highest BCUT2D eigenvalue weighted by atomic mass is 16.6. The van der Waals surface area contributed by atoms with E-state index in [4.69, 9.17) is 0 Å². The molecule has 0 aliphatic carbocycles. The molecular formula is C17H20N4O4. The van der Waals surface area contributed by atoms with E-state index >= 15 is 0 Å². The Morgan fingerprint density at radius 3 is 2.72 bits per heavy atom. The number of amides is 1. The van der Waals surface area contributed by atoms with Gasteiger partial charge in [0.25, 0.3) is 11.6 Å². The van der Waals surface area contributed by atoms with Crippen LogP contribution in [-0.2, 0) is 0 Å². The predicted octanol–water partition coefficient (Wildman–Crippen LogP) is 2.37. The minimum absolute atomic E-state index is 0.156. The van der Waals surface area contributed by atoms with Crippen LogP contribution in [0.5, 0.6) is 0 Å². The molecular weight excluding hydrogens is 324 g/mol. The molecule has 0 aliphatic heterocycles. The maximum atomic E-state index is 12.2. The molecule has 1 heterocycles. The number of carbonyl (C=O) groups is 1. The summed E-state index contributed by atoms with van der Waals surface area (Å²) >= 11 is 0. The largest absolute Gasteiger partial charge is 0.351 e. The van der Waals surface area contributed by atoms with Crippen LogP contribution in [0.15, 0.2) is 35.1 Å². The van der Waals surface area contributed by atoms with E-state index in [2.05, 4.69) is 17.3 Å². The first-order valence-electron chi connectivity index (χ1n) is 8.08. The van der Waals surface area contributed by atoms with E-state index in [-0.39, 0.29) is 17.1 Å². The van der Waals surface area contributed by atoms with Gasteiger partial charge in [0.05, 0.1) is 4.92 Å². The number of unbranched alkanes of at least 4 members (excludes halogenated alkanes) is 2. The van der Waals surface area contributed by atoms with Gasteiger partial charge in [-0.25, -0.2) is 4.68 Å². The molecule has 0 bridgehead atoms. The quantitative estimate of drug-likeness (QED) is 0.471. The van der Waals surface area contributed by atoms with E-state index in [1.807, 2.05) is 0 Å². The topological polar surface area (TPSA) is 107 Å². The molecule has 1 amide bonds. The maximum Gasteiger partial charge on any atom is 0.294 e. The molecule has 0 radical (unpaired) electrons. The van der Waals surface area contributed by atoms with Crippen LogP contribution in [0.1, 0.15) is 42.4 Å². The van der Waals surface area contributed by atoms with E-state index in [0.29, 0.717) is 12.2 Å². The van der Waals surface area contributed by atoms with Crippen molar-refractivity contribution in [1.82, 2.24) is 15.1 Å². The van der Waals surface area contributed by atoms with Gasteiger partial charge < -0.3 is 5.32 Å². The molecule has 2 rings (SSSR count). The van der Waals surface area contributed by atoms with Crippen LogP contribution in [-0.4, -0.2) is 27.2 Å². The SMILES string of the molecule is CCCCCNC(=O)c1nn(-c2ccccc2[N+](=O)[O-])c(C)cc1=O. The van der Waals surface area contributed by atoms with Gasteiger partial charge in [0.15, 0.2) is 5.69 Å². The van der Waals surface area contributed by atoms with Crippen molar-refractivity contribution in [2.24, 2.45) is 0 Å². The molecule has 132 valence electrons. The Balaban J connectivity index is 2.40. The Hall–Kier alpha value is -3.03. The second-order valence-corrected chi connectivity index (χ2v) is 5.62. The zero-order chi connectivity index (χ0) is 18.4. The van der Waals surface area contributed by atoms with Crippen LogP contribution in [0.25, 0.3) is 5.69 Å². The number of rotatable bonds is 7. The number of nitrogens with zero attached hydrogens (tertiary/aromatic N) is 3. The summed E-state index contributed by atoms with van der Waals surface area (Å²) in [7, 11) is 0. The van der Waals surface area contributed by atoms with E-state index < -0.39 is 16.3 Å². The van der Waals surface area contributed by atoms with Crippen LogP contribution in [0.4, 0.5) is 5.69 Å². The summed E-state index contributed by atoms with van der Waals surface area (Å²) in [5.74, 6) is -0.576. The molecule has 0 fully saturated rings. The third-order valence-electron chi connectivity index (χ3n) is 3.70. The third kappa shape index (κ3) is 4.28. The molecule has 8 nitrogen and oxygen atoms in total. The smallest absolute Gasteiger partial charge is 0.294 e. The standard InChI is InChI=1S/C17H20N4O4/c1-3-4-7-10-18-17(23)16-15(22)11-12(2)20(19-16)13-8-5-6-9-14(13)21(24)25/h5-6,8-9,11H,3-4,7,10H2,1-2H3,(H,18,23). The number of para-hydroxylation sites is 2. The first kappa shape index (κ1) is 18.3. The summed E-state index contributed by atoms with van der Waals surface area (Å²) in [5.41, 5.74) is -0.344. The van der Waals surface area contributed by atoms with Crippen molar-refractivity contribution in [2.75, 3.05) is 6.54 Å². The number of aromatic nitrogens is 2. The van der Waals surface area contributed by atoms with Crippen molar-refractivity contribution in [3.63, 3.8) is 0 Å². The lowest BCUT2D eigenvalue weighted by Gasteiger charge is -2.11. The zero-order valence-corrected chi connectivity index (χ0v) is 14.2. The van der Waals surface area contributed by atoms with Gasteiger partial charge in [0.1, 0.15) is 5.69 Å². The second kappa shape index (κ2) is 8.18. The molecule has 8 heteroatoms. The summed E-state index contributed by atoms with van der Waals surface area (Å²) in [6, 6.07) is 7.29. The molecule has 2 aromatic rings. The minimum Gasteiger partial charge on any atom is -0.351 e. The molecule has 0 unspecified atom stereocenters. The van der Waals surface area contributed by atoms with Crippen molar-refractivity contribution < 1.29 is 9.72 Å². The number of nitro groups is 1. The van der Waals surface area contributed by atoms with Crippen LogP contribution >= 0.6 is 0 Å². The molecule has 0 atom stereocenters. The summed E-state index contributed by atoms with van der Waals surface area (Å²) in [5, 5.41) is 18.0. The summed E-state index contributed by atoms with van der Waals surface area (Å²) in [6.45, 7) is 4.11. The molecule has 0 aliphatic rings. The van der Waals surface area contributed by atoms with E-state index in [0.717, 1.165) is 19.3 Å². The Bertz CT molecular complexity index is 845. The highest BCUT2D eigenvalue weighted by Gasteiger charge is 2.19. The van der Waals surface area contributed by atoms with Crippen LogP contribution < -0.4 is 10.7 Å². The minimum atomic E-state index is -0.576. The van der Waals surface area contributed by atoms with E-state index in [1.165, 1.54) is 22.9 Å². The van der Waals surface area contributed by atoms with Crippen molar-refractivity contribution in [2.45, 2.75) is 33.1 Å². The lowest BCUT2D eigenvalue weighted by Crippen LogP contribution is -2.32. The fraction of sp³-hybridized carbons (Fsp3) is 0.353. The van der Waals surface area contributed by atoms with E-state index in [1.54, 1.807) is 19.1 Å². The monoisotopic (exact) mass is 344 g/mol. The first-order chi connectivity index (χ1) is 12.0. The number of hydrogen-bond donors (Lipinski definition) is 1. The van der Waals surface area contributed by atoms with Crippen LogP contribution in [0.2, 0.25) is 0 Å². The van der Waals surface area contributed by atoms with Gasteiger partial charge in [0, 0.05) is 24.4 Å². The van der Waals surface area contributed by atoms with Gasteiger partial charge in [-0.05, 0) is 19.4 Å². The molecule has 1 aromatic carbocycles. The molecule has 1 aromatic heterocycles. The zero-order valence-electron chi connectivity index (χ0n) is 14.2. The number of nitro benzene ring substituents is 1. The Morgan fingerprint density at radius 2 is 2.04 bits per heavy atom. The lowest BCUT2D eigenvalue weighted by molar-refractivity contribution is -0.384. The van der Waals surface area contributed by atoms with Gasteiger partial charge in [-0.15, -0.1) is 0 Å². The third-order valence-corrected chi connectivity index (χ3v) is 3.70. The van der Waals surface area contributed by atoms with Crippen molar-refractivity contribution in [3.05, 3.63) is 62.1 Å². The Kier molecular flexibility index (Phi) is 5.99. The second-order valence-electron chi connectivity index (χ2n) is 5.62. The highest BCUT2D eigenvalue weighted by molar-refractivity contribution is 5.92. The molecule has 1 N–H and O–H groups in total. The van der Waals surface area contributed by atoms with Crippen molar-refractivity contribution in [3.8, 4) is 5.69 Å². The highest BCUT2D eigenvalue weighted by Crippen LogP contribution is 2.22. The fourth-order valence-corrected chi connectivity index (χ4v) is 2.41. The summed E-state index contributed by atoms with van der Waals surface area (Å²) in [6.07, 6.45) is 2.80. The van der Waals surface area contributed by atoms with Gasteiger partial charge in [-0.1, -0.05) is 31.9 Å². The molecule has 0 saturated carbocycles. The van der Waals surface area contributed by atoms with Crippen LogP contribution in [0.3, 0.4) is 0 Å². The fourth-order valence-electron chi connectivity index (χ4n) is 2.41. The number of benzene rings is 1. The van der Waals surface area contributed by atoms with Crippen molar-refractivity contribution >= 4 is 11.6 Å². The number of hydrogen-bond acceptors (Lipinski definition) is 5. The Labute approximate surface area is 144 Å². The van der Waals surface area contributed by atoms with E-state index in [9.17, 15) is 19.7 Å². The maximum absolute atomic E-state index is 12.2. The molecule has 0 spiro atoms. The number of aryl methyl sites for hydroxylation is 1. The normalized spacial score (nSPS) is 10.5.